The highest BCUT2D eigenvalue weighted by molar-refractivity contribution is 5.37. The molecule has 1 aromatic carbocycles. The Labute approximate surface area is 96.2 Å². The monoisotopic (exact) mass is 218 g/mol. The summed E-state index contributed by atoms with van der Waals surface area (Å²) in [6.07, 6.45) is 5.43. The number of para-hydroxylation sites is 1. The van der Waals surface area contributed by atoms with Crippen molar-refractivity contribution in [2.45, 2.75) is 44.3 Å². The quantitative estimate of drug-likeness (QED) is 0.826. The van der Waals surface area contributed by atoms with Gasteiger partial charge in [-0.3, -0.25) is 0 Å². The lowest BCUT2D eigenvalue weighted by Crippen LogP contribution is -2.35. The molecular formula is C14H18O2. The third kappa shape index (κ3) is 1.71. The number of benzene rings is 1. The second-order valence-corrected chi connectivity index (χ2v) is 5.00. The van der Waals surface area contributed by atoms with Gasteiger partial charge in [0.2, 0.25) is 0 Å². The van der Waals surface area contributed by atoms with Gasteiger partial charge in [-0.25, -0.2) is 0 Å². The summed E-state index contributed by atoms with van der Waals surface area (Å²) in [5.41, 5.74) is 1.24. The minimum atomic E-state index is -0.283. The number of hydrogen-bond acceptors (Lipinski definition) is 2. The van der Waals surface area contributed by atoms with Gasteiger partial charge >= 0.3 is 0 Å². The smallest absolute Gasteiger partial charge is 0.129 e. The lowest BCUT2D eigenvalue weighted by molar-refractivity contribution is 0.00979. The van der Waals surface area contributed by atoms with Crippen molar-refractivity contribution in [3.8, 4) is 5.75 Å². The zero-order chi connectivity index (χ0) is 11.0. The summed E-state index contributed by atoms with van der Waals surface area (Å²) in [5, 5.41) is 10.3. The van der Waals surface area contributed by atoms with Gasteiger partial charge < -0.3 is 9.84 Å². The van der Waals surface area contributed by atoms with Crippen LogP contribution in [0, 0.1) is 5.92 Å². The van der Waals surface area contributed by atoms with Crippen LogP contribution in [0.15, 0.2) is 24.3 Å². The molecule has 2 aliphatic rings. The van der Waals surface area contributed by atoms with Gasteiger partial charge in [-0.05, 0) is 30.4 Å². The average molecular weight is 218 g/mol. The van der Waals surface area contributed by atoms with E-state index in [0.717, 1.165) is 25.0 Å². The van der Waals surface area contributed by atoms with Crippen molar-refractivity contribution in [1.82, 2.24) is 0 Å². The van der Waals surface area contributed by atoms with Crippen molar-refractivity contribution in [3.05, 3.63) is 29.8 Å². The Kier molecular flexibility index (Phi) is 2.60. The normalized spacial score (nSPS) is 26.4. The van der Waals surface area contributed by atoms with Crippen molar-refractivity contribution in [1.29, 1.82) is 0 Å². The van der Waals surface area contributed by atoms with Crippen LogP contribution >= 0.6 is 0 Å². The molecule has 16 heavy (non-hydrogen) atoms. The van der Waals surface area contributed by atoms with E-state index in [2.05, 4.69) is 6.07 Å². The molecule has 1 fully saturated rings. The van der Waals surface area contributed by atoms with E-state index in [1.165, 1.54) is 18.4 Å². The maximum atomic E-state index is 10.3. The van der Waals surface area contributed by atoms with Crippen molar-refractivity contribution in [2.75, 3.05) is 0 Å². The maximum Gasteiger partial charge on any atom is 0.129 e. The predicted molar refractivity (Wildman–Crippen MR) is 62.5 cm³/mol. The Bertz CT molecular complexity index is 344. The van der Waals surface area contributed by atoms with E-state index < -0.39 is 0 Å². The van der Waals surface area contributed by atoms with Gasteiger partial charge in [0.25, 0.3) is 0 Å². The molecule has 0 spiro atoms. The second-order valence-electron chi connectivity index (χ2n) is 5.00. The molecular weight excluding hydrogens is 200 g/mol. The van der Waals surface area contributed by atoms with Crippen LogP contribution in [0.5, 0.6) is 5.75 Å². The van der Waals surface area contributed by atoms with E-state index >= 15 is 0 Å². The molecule has 2 nitrogen and oxygen atoms in total. The Morgan fingerprint density at radius 2 is 1.94 bits per heavy atom. The summed E-state index contributed by atoms with van der Waals surface area (Å²) in [6.45, 7) is 0. The zero-order valence-corrected chi connectivity index (χ0v) is 9.43. The molecule has 2 unspecified atom stereocenters. The molecule has 86 valence electrons. The fourth-order valence-electron chi connectivity index (χ4n) is 3.00. The molecule has 0 amide bonds. The number of hydrogen-bond donors (Lipinski definition) is 1. The Balaban J connectivity index is 1.70. The van der Waals surface area contributed by atoms with Crippen LogP contribution in [0.3, 0.4) is 0 Å². The first-order chi connectivity index (χ1) is 7.84. The first kappa shape index (κ1) is 10.2. The molecule has 0 bridgehead atoms. The zero-order valence-electron chi connectivity index (χ0n) is 9.43. The molecule has 2 heteroatoms. The fraction of sp³-hybridized carbons (Fsp3) is 0.571. The van der Waals surface area contributed by atoms with Crippen LogP contribution in [0.25, 0.3) is 0 Å². The van der Waals surface area contributed by atoms with E-state index in [0.29, 0.717) is 5.92 Å². The lowest BCUT2D eigenvalue weighted by atomic mass is 9.94. The second kappa shape index (κ2) is 4.10. The summed E-state index contributed by atoms with van der Waals surface area (Å²) < 4.78 is 5.83. The van der Waals surface area contributed by atoms with Gasteiger partial charge in [-0.2, -0.15) is 0 Å². The number of fused-ring (bicyclic) bond motifs is 1. The van der Waals surface area contributed by atoms with Gasteiger partial charge in [-0.1, -0.05) is 31.0 Å². The van der Waals surface area contributed by atoms with Crippen molar-refractivity contribution < 1.29 is 9.84 Å². The van der Waals surface area contributed by atoms with E-state index in [1.54, 1.807) is 0 Å². The molecule has 1 aliphatic heterocycles. The first-order valence-corrected chi connectivity index (χ1v) is 6.27. The van der Waals surface area contributed by atoms with E-state index in [9.17, 15) is 5.11 Å². The molecule has 1 N–H and O–H groups in total. The number of rotatable bonds is 2. The summed E-state index contributed by atoms with van der Waals surface area (Å²) >= 11 is 0. The van der Waals surface area contributed by atoms with Crippen LogP contribution in [0.4, 0.5) is 0 Å². The average Bonchev–Trinajstić information content (AvgIpc) is 2.97. The van der Waals surface area contributed by atoms with E-state index in [4.69, 9.17) is 4.74 Å². The van der Waals surface area contributed by atoms with Gasteiger partial charge in [0.1, 0.15) is 11.9 Å². The lowest BCUT2D eigenvalue weighted by Gasteiger charge is -2.23. The Hall–Kier alpha value is -1.02. The molecule has 1 saturated carbocycles. The largest absolute Gasteiger partial charge is 0.487 e. The highest BCUT2D eigenvalue weighted by Crippen LogP contribution is 2.35. The molecule has 0 radical (unpaired) electrons. The van der Waals surface area contributed by atoms with E-state index in [1.807, 2.05) is 18.2 Å². The van der Waals surface area contributed by atoms with Crippen molar-refractivity contribution in [3.63, 3.8) is 0 Å². The molecule has 0 aromatic heterocycles. The Morgan fingerprint density at radius 1 is 1.19 bits per heavy atom. The highest BCUT2D eigenvalue weighted by atomic mass is 16.5. The van der Waals surface area contributed by atoms with Gasteiger partial charge in [0.15, 0.2) is 0 Å². The third-order valence-electron chi connectivity index (χ3n) is 3.94. The molecule has 1 aromatic rings. The van der Waals surface area contributed by atoms with Crippen LogP contribution in [-0.4, -0.2) is 17.3 Å². The van der Waals surface area contributed by atoms with Gasteiger partial charge in [0, 0.05) is 6.42 Å². The molecule has 3 rings (SSSR count). The third-order valence-corrected chi connectivity index (χ3v) is 3.94. The van der Waals surface area contributed by atoms with E-state index in [-0.39, 0.29) is 12.2 Å². The number of aliphatic hydroxyl groups excluding tert-OH is 1. The van der Waals surface area contributed by atoms with Crippen molar-refractivity contribution in [2.24, 2.45) is 5.92 Å². The summed E-state index contributed by atoms with van der Waals surface area (Å²) in [6, 6.07) is 8.11. The molecule has 2 atom stereocenters. The molecule has 0 saturated heterocycles. The van der Waals surface area contributed by atoms with Crippen LogP contribution in [-0.2, 0) is 6.42 Å². The molecule has 1 heterocycles. The summed E-state index contributed by atoms with van der Waals surface area (Å²) in [7, 11) is 0. The Morgan fingerprint density at radius 3 is 2.69 bits per heavy atom. The number of aliphatic hydroxyl groups is 1. The standard InChI is InChI=1S/C14H18O2/c15-14(10-5-1-2-6-10)13-9-11-7-3-4-8-12(11)16-13/h3-4,7-8,10,13-15H,1-2,5-6,9H2. The van der Waals surface area contributed by atoms with Crippen LogP contribution in [0.1, 0.15) is 31.2 Å². The first-order valence-electron chi connectivity index (χ1n) is 6.27. The topological polar surface area (TPSA) is 29.5 Å². The van der Waals surface area contributed by atoms with Gasteiger partial charge in [0.05, 0.1) is 6.10 Å². The highest BCUT2D eigenvalue weighted by Gasteiger charge is 2.35. The summed E-state index contributed by atoms with van der Waals surface area (Å²) in [4.78, 5) is 0. The number of ether oxygens (including phenoxy) is 1. The summed E-state index contributed by atoms with van der Waals surface area (Å²) in [5.74, 6) is 1.42. The van der Waals surface area contributed by atoms with Crippen LogP contribution < -0.4 is 4.74 Å². The van der Waals surface area contributed by atoms with Crippen LogP contribution in [0.2, 0.25) is 0 Å². The SMILES string of the molecule is OC(C1CCCC1)C1Cc2ccccc2O1. The van der Waals surface area contributed by atoms with Crippen molar-refractivity contribution >= 4 is 0 Å². The predicted octanol–water partition coefficient (Wildman–Crippen LogP) is 2.54. The van der Waals surface area contributed by atoms with Gasteiger partial charge in [-0.15, -0.1) is 0 Å². The molecule has 1 aliphatic carbocycles. The minimum Gasteiger partial charge on any atom is -0.487 e. The minimum absolute atomic E-state index is 0.0134. The maximum absolute atomic E-state index is 10.3. The fourth-order valence-corrected chi connectivity index (χ4v) is 3.00.